The van der Waals surface area contributed by atoms with Gasteiger partial charge in [0.05, 0.1) is 17.7 Å². The fraction of sp³-hybridized carbons (Fsp3) is 0.462. The van der Waals surface area contributed by atoms with Crippen molar-refractivity contribution in [3.05, 3.63) is 35.4 Å². The monoisotopic (exact) mass is 215 g/mol. The summed E-state index contributed by atoms with van der Waals surface area (Å²) in [7, 11) is 0. The van der Waals surface area contributed by atoms with Crippen molar-refractivity contribution in [3.8, 4) is 0 Å². The van der Waals surface area contributed by atoms with Crippen molar-refractivity contribution < 1.29 is 9.57 Å². The van der Waals surface area contributed by atoms with Crippen molar-refractivity contribution in [2.24, 2.45) is 11.1 Å². The molecule has 0 N–H and O–H groups in total. The Morgan fingerprint density at radius 2 is 2.12 bits per heavy atom. The predicted molar refractivity (Wildman–Crippen MR) is 59.1 cm³/mol. The van der Waals surface area contributed by atoms with E-state index in [9.17, 15) is 0 Å². The molecule has 1 aromatic carbocycles. The molecule has 3 aliphatic rings. The first-order chi connectivity index (χ1) is 7.72. The lowest BCUT2D eigenvalue weighted by Gasteiger charge is -2.28. The molecule has 3 aliphatic heterocycles. The molecule has 4 rings (SSSR count). The normalized spacial score (nSPS) is 42.6. The Morgan fingerprint density at radius 3 is 3.00 bits per heavy atom. The van der Waals surface area contributed by atoms with Gasteiger partial charge in [-0.2, -0.15) is 0 Å². The maximum absolute atomic E-state index is 6.16. The Bertz CT molecular complexity index is 510. The van der Waals surface area contributed by atoms with Gasteiger partial charge in [0.25, 0.3) is 0 Å². The Balaban J connectivity index is 1.95. The van der Waals surface area contributed by atoms with Gasteiger partial charge in [0, 0.05) is 0 Å². The summed E-state index contributed by atoms with van der Waals surface area (Å²) >= 11 is 0. The average Bonchev–Trinajstić information content (AvgIpc) is 2.89. The van der Waals surface area contributed by atoms with Gasteiger partial charge in [-0.05, 0) is 25.0 Å². The van der Waals surface area contributed by atoms with Gasteiger partial charge in [0.1, 0.15) is 5.60 Å². The van der Waals surface area contributed by atoms with E-state index in [4.69, 9.17) is 9.57 Å². The Hall–Kier alpha value is -1.35. The number of hydrogen-bond donors (Lipinski definition) is 0. The highest BCUT2D eigenvalue weighted by Gasteiger charge is 2.64. The van der Waals surface area contributed by atoms with E-state index in [1.54, 1.807) is 0 Å². The first-order valence-electron chi connectivity index (χ1n) is 5.69. The van der Waals surface area contributed by atoms with Gasteiger partial charge in [0.15, 0.2) is 6.10 Å². The zero-order chi connectivity index (χ0) is 10.9. The largest absolute Gasteiger partial charge is 0.388 e. The highest BCUT2D eigenvalue weighted by atomic mass is 16.7. The van der Waals surface area contributed by atoms with E-state index >= 15 is 0 Å². The van der Waals surface area contributed by atoms with Gasteiger partial charge in [-0.15, -0.1) is 0 Å². The van der Waals surface area contributed by atoms with Crippen molar-refractivity contribution in [1.82, 2.24) is 0 Å². The van der Waals surface area contributed by atoms with E-state index in [1.165, 1.54) is 11.1 Å². The fourth-order valence-corrected chi connectivity index (χ4v) is 3.38. The van der Waals surface area contributed by atoms with Crippen LogP contribution in [0.4, 0.5) is 0 Å². The number of hydrogen-bond acceptors (Lipinski definition) is 3. The van der Waals surface area contributed by atoms with Gasteiger partial charge < -0.3 is 9.57 Å². The van der Waals surface area contributed by atoms with E-state index in [0.717, 1.165) is 5.71 Å². The number of fused-ring (bicyclic) bond motifs is 8. The molecule has 0 aliphatic carbocycles. The van der Waals surface area contributed by atoms with E-state index in [2.05, 4.69) is 36.3 Å². The molecule has 0 amide bonds. The first-order valence-corrected chi connectivity index (χ1v) is 5.69. The van der Waals surface area contributed by atoms with Gasteiger partial charge in [0.2, 0.25) is 0 Å². The molecule has 4 atom stereocenters. The molecule has 2 bridgehead atoms. The molecule has 1 saturated heterocycles. The molecule has 0 spiro atoms. The molecular weight excluding hydrogens is 202 g/mol. The molecule has 0 aromatic heterocycles. The lowest BCUT2D eigenvalue weighted by Crippen LogP contribution is -2.38. The van der Waals surface area contributed by atoms with Crippen molar-refractivity contribution in [2.45, 2.75) is 31.7 Å². The summed E-state index contributed by atoms with van der Waals surface area (Å²) < 4.78 is 6.16. The van der Waals surface area contributed by atoms with Gasteiger partial charge in [-0.3, -0.25) is 0 Å². The van der Waals surface area contributed by atoms with Crippen molar-refractivity contribution in [1.29, 1.82) is 0 Å². The highest BCUT2D eigenvalue weighted by Crippen LogP contribution is 2.60. The van der Waals surface area contributed by atoms with Gasteiger partial charge >= 0.3 is 0 Å². The molecule has 1 aromatic rings. The number of nitrogens with zero attached hydrogens (tertiary/aromatic N) is 1. The molecule has 0 radical (unpaired) electrons. The summed E-state index contributed by atoms with van der Waals surface area (Å²) in [5.74, 6) is 0.305. The Labute approximate surface area is 94.0 Å². The summed E-state index contributed by atoms with van der Waals surface area (Å²) in [5, 5.41) is 4.13. The van der Waals surface area contributed by atoms with Crippen LogP contribution in [0.2, 0.25) is 0 Å². The Kier molecular flexibility index (Phi) is 1.36. The second-order valence-corrected chi connectivity index (χ2v) is 5.02. The van der Waals surface area contributed by atoms with Crippen molar-refractivity contribution in [2.75, 3.05) is 0 Å². The number of benzene rings is 1. The number of ether oxygens (including phenoxy) is 1. The van der Waals surface area contributed by atoms with Crippen LogP contribution < -0.4 is 0 Å². The Morgan fingerprint density at radius 1 is 1.31 bits per heavy atom. The van der Waals surface area contributed by atoms with E-state index in [-0.39, 0.29) is 17.8 Å². The second-order valence-electron chi connectivity index (χ2n) is 5.02. The third-order valence-electron chi connectivity index (χ3n) is 4.16. The highest BCUT2D eigenvalue weighted by molar-refractivity contribution is 5.87. The van der Waals surface area contributed by atoms with Crippen molar-refractivity contribution in [3.63, 3.8) is 0 Å². The number of rotatable bonds is 0. The predicted octanol–water partition coefficient (Wildman–Crippen LogP) is 2.38. The molecule has 3 nitrogen and oxygen atoms in total. The van der Waals surface area contributed by atoms with Crippen LogP contribution in [0.3, 0.4) is 0 Å². The van der Waals surface area contributed by atoms with Crippen LogP contribution in [0, 0.1) is 5.92 Å². The summed E-state index contributed by atoms with van der Waals surface area (Å²) in [5.41, 5.74) is 3.33. The summed E-state index contributed by atoms with van der Waals surface area (Å²) in [6.45, 7) is 4.14. The zero-order valence-electron chi connectivity index (χ0n) is 9.31. The third kappa shape index (κ3) is 0.756. The molecule has 3 heteroatoms. The van der Waals surface area contributed by atoms with Crippen LogP contribution in [0.25, 0.3) is 0 Å². The fourth-order valence-electron chi connectivity index (χ4n) is 3.38. The zero-order valence-corrected chi connectivity index (χ0v) is 9.31. The van der Waals surface area contributed by atoms with Crippen LogP contribution in [0.1, 0.15) is 31.1 Å². The van der Waals surface area contributed by atoms with Crippen molar-refractivity contribution >= 4 is 5.71 Å². The minimum atomic E-state index is -0.312. The minimum absolute atomic E-state index is 0.0624. The van der Waals surface area contributed by atoms with E-state index in [0.29, 0.717) is 5.92 Å². The van der Waals surface area contributed by atoms with Crippen LogP contribution in [0.15, 0.2) is 29.4 Å². The topological polar surface area (TPSA) is 30.8 Å². The van der Waals surface area contributed by atoms with Crippen LogP contribution in [-0.2, 0) is 15.2 Å². The van der Waals surface area contributed by atoms with Gasteiger partial charge in [-0.1, -0.05) is 29.4 Å². The molecule has 16 heavy (non-hydrogen) atoms. The summed E-state index contributed by atoms with van der Waals surface area (Å²) in [6.07, 6.45) is 0.199. The first kappa shape index (κ1) is 8.76. The van der Waals surface area contributed by atoms with E-state index < -0.39 is 0 Å². The average molecular weight is 215 g/mol. The standard InChI is InChI=1S/C13H13NO2/c1-7-10-11-8-5-3-4-6-9(8)13(2,15-11)12(10)16-14-7/h3-6,10-12H,1-2H3/t10-,11-,12-,13+/m1/s1. The molecule has 3 heterocycles. The smallest absolute Gasteiger partial charge is 0.171 e. The quantitative estimate of drug-likeness (QED) is 0.665. The lowest BCUT2D eigenvalue weighted by molar-refractivity contribution is -0.0793. The number of oxime groups is 1. The lowest BCUT2D eigenvalue weighted by atomic mass is 9.74. The SMILES string of the molecule is CC1=NO[C@@H]2[C@H]1[C@@H]1O[C@@]2(C)c2ccccc21. The maximum atomic E-state index is 6.16. The minimum Gasteiger partial charge on any atom is -0.388 e. The van der Waals surface area contributed by atoms with Crippen LogP contribution in [-0.4, -0.2) is 11.8 Å². The molecular formula is C13H13NO2. The van der Waals surface area contributed by atoms with E-state index in [1.807, 2.05) is 6.92 Å². The molecule has 0 unspecified atom stereocenters. The molecule has 0 saturated carbocycles. The third-order valence-corrected chi connectivity index (χ3v) is 4.16. The summed E-state index contributed by atoms with van der Waals surface area (Å²) in [6, 6.07) is 8.44. The second kappa shape index (κ2) is 2.48. The molecule has 82 valence electrons. The van der Waals surface area contributed by atoms with Gasteiger partial charge in [-0.25, -0.2) is 0 Å². The molecule has 1 fully saturated rings. The summed E-state index contributed by atoms with van der Waals surface area (Å²) in [4.78, 5) is 5.55. The van der Waals surface area contributed by atoms with Crippen LogP contribution >= 0.6 is 0 Å². The van der Waals surface area contributed by atoms with Crippen LogP contribution in [0.5, 0.6) is 0 Å². The maximum Gasteiger partial charge on any atom is 0.171 e.